The van der Waals surface area contributed by atoms with Crippen LogP contribution in [0.15, 0.2) is 10.9 Å². The highest BCUT2D eigenvalue weighted by Gasteiger charge is 2.32. The van der Waals surface area contributed by atoms with Gasteiger partial charge in [0, 0.05) is 31.6 Å². The molecule has 0 radical (unpaired) electrons. The van der Waals surface area contributed by atoms with Gasteiger partial charge >= 0.3 is 5.97 Å². The van der Waals surface area contributed by atoms with Gasteiger partial charge in [0.25, 0.3) is 5.56 Å². The number of methoxy groups -OCH3 is 1. The number of alkyl halides is 1. The van der Waals surface area contributed by atoms with E-state index in [-0.39, 0.29) is 17.4 Å². The molecule has 0 spiro atoms. The molecule has 7 heteroatoms. The Kier molecular flexibility index (Phi) is 5.75. The predicted molar refractivity (Wildman–Crippen MR) is 96.0 cm³/mol. The van der Waals surface area contributed by atoms with Crippen molar-refractivity contribution in [3.05, 3.63) is 27.7 Å². The molecule has 0 aromatic carbocycles. The number of rotatable bonds is 8. The zero-order valence-corrected chi connectivity index (χ0v) is 15.8. The van der Waals surface area contributed by atoms with Crippen molar-refractivity contribution in [3.63, 3.8) is 0 Å². The lowest BCUT2D eigenvalue weighted by Gasteiger charge is -2.34. The number of halogens is 1. The van der Waals surface area contributed by atoms with Gasteiger partial charge in [-0.2, -0.15) is 5.10 Å². The van der Waals surface area contributed by atoms with Gasteiger partial charge in [0.15, 0.2) is 6.04 Å². The van der Waals surface area contributed by atoms with Crippen LogP contribution in [0, 0.1) is 5.92 Å². The van der Waals surface area contributed by atoms with E-state index in [4.69, 9.17) is 4.74 Å². The molecule has 0 bridgehead atoms. The van der Waals surface area contributed by atoms with Crippen LogP contribution in [0.3, 0.4) is 0 Å². The first kappa shape index (κ1) is 19.0. The zero-order valence-electron chi connectivity index (χ0n) is 15.8. The summed E-state index contributed by atoms with van der Waals surface area (Å²) in [5.74, 6) is 0.0608. The van der Waals surface area contributed by atoms with Crippen molar-refractivity contribution in [1.82, 2.24) is 14.7 Å². The van der Waals surface area contributed by atoms with Crippen molar-refractivity contribution in [2.24, 2.45) is 5.92 Å². The molecule has 1 aliphatic carbocycles. The van der Waals surface area contributed by atoms with Crippen LogP contribution in [0.5, 0.6) is 0 Å². The maximum Gasteiger partial charge on any atom is 0.330 e. The molecule has 3 rings (SSSR count). The molecule has 0 unspecified atom stereocenters. The van der Waals surface area contributed by atoms with Crippen LogP contribution in [0.25, 0.3) is 0 Å². The van der Waals surface area contributed by atoms with Crippen LogP contribution in [0.2, 0.25) is 0 Å². The standard InChI is InChI=1S/C19H28FN3O3/c1-12(2)8-17(19(25)26-3)23-18(24)16(13-4-5-13)9-15(21-23)6-7-22-10-14(20)11-22/h9,12-14,17H,4-8,10-11H2,1-3H3/t17-/m0/s1. The molecule has 144 valence electrons. The number of carbonyl (C=O) groups is 1. The molecular weight excluding hydrogens is 337 g/mol. The number of carbonyl (C=O) groups excluding carboxylic acids is 1. The van der Waals surface area contributed by atoms with Crippen LogP contribution >= 0.6 is 0 Å². The maximum atomic E-state index is 13.0. The minimum Gasteiger partial charge on any atom is -0.467 e. The first-order valence-corrected chi connectivity index (χ1v) is 9.46. The predicted octanol–water partition coefficient (Wildman–Crippen LogP) is 2.08. The Labute approximate surface area is 153 Å². The van der Waals surface area contributed by atoms with Gasteiger partial charge in [-0.3, -0.25) is 9.69 Å². The van der Waals surface area contributed by atoms with Gasteiger partial charge in [0.05, 0.1) is 12.8 Å². The second kappa shape index (κ2) is 7.86. The topological polar surface area (TPSA) is 64.4 Å². The zero-order chi connectivity index (χ0) is 18.8. The summed E-state index contributed by atoms with van der Waals surface area (Å²) < 4.78 is 19.3. The van der Waals surface area contributed by atoms with Crippen LogP contribution < -0.4 is 5.56 Å². The van der Waals surface area contributed by atoms with E-state index in [0.29, 0.717) is 32.5 Å². The summed E-state index contributed by atoms with van der Waals surface area (Å²) in [5.41, 5.74) is 1.35. The van der Waals surface area contributed by atoms with Crippen LogP contribution in [-0.4, -0.2) is 53.6 Å². The fraction of sp³-hybridized carbons (Fsp3) is 0.737. The second-order valence-electron chi connectivity index (χ2n) is 7.89. The van der Waals surface area contributed by atoms with E-state index in [2.05, 4.69) is 5.10 Å². The highest BCUT2D eigenvalue weighted by Crippen LogP contribution is 2.38. The fourth-order valence-electron chi connectivity index (χ4n) is 3.45. The van der Waals surface area contributed by atoms with Gasteiger partial charge in [0.2, 0.25) is 0 Å². The van der Waals surface area contributed by atoms with E-state index in [9.17, 15) is 14.0 Å². The molecule has 0 N–H and O–H groups in total. The third-order valence-electron chi connectivity index (χ3n) is 5.09. The number of ether oxygens (including phenoxy) is 1. The molecule has 1 aromatic rings. The van der Waals surface area contributed by atoms with Crippen molar-refractivity contribution < 1.29 is 13.9 Å². The minimum absolute atomic E-state index is 0.180. The van der Waals surface area contributed by atoms with Crippen molar-refractivity contribution in [2.75, 3.05) is 26.7 Å². The molecule has 0 amide bonds. The smallest absolute Gasteiger partial charge is 0.330 e. The second-order valence-corrected chi connectivity index (χ2v) is 7.89. The molecule has 1 aromatic heterocycles. The van der Waals surface area contributed by atoms with E-state index in [1.165, 1.54) is 11.8 Å². The van der Waals surface area contributed by atoms with Gasteiger partial charge in [-0.05, 0) is 37.2 Å². The lowest BCUT2D eigenvalue weighted by atomic mass is 10.0. The Morgan fingerprint density at radius 3 is 2.62 bits per heavy atom. The van der Waals surface area contributed by atoms with E-state index < -0.39 is 18.2 Å². The third kappa shape index (κ3) is 4.31. The quantitative estimate of drug-likeness (QED) is 0.660. The van der Waals surface area contributed by atoms with Crippen molar-refractivity contribution >= 4 is 5.97 Å². The number of aromatic nitrogens is 2. The molecule has 2 fully saturated rings. The molecular formula is C19H28FN3O3. The summed E-state index contributed by atoms with van der Waals surface area (Å²) >= 11 is 0. The number of nitrogens with zero attached hydrogens (tertiary/aromatic N) is 3. The largest absolute Gasteiger partial charge is 0.467 e. The van der Waals surface area contributed by atoms with Gasteiger partial charge in [-0.25, -0.2) is 13.9 Å². The van der Waals surface area contributed by atoms with Crippen LogP contribution in [0.4, 0.5) is 4.39 Å². The molecule has 1 atom stereocenters. The van der Waals surface area contributed by atoms with Crippen LogP contribution in [-0.2, 0) is 16.0 Å². The number of hydrogen-bond acceptors (Lipinski definition) is 5. The lowest BCUT2D eigenvalue weighted by molar-refractivity contribution is -0.145. The summed E-state index contributed by atoms with van der Waals surface area (Å²) in [4.78, 5) is 27.3. The number of likely N-dealkylation sites (tertiary alicyclic amines) is 1. The van der Waals surface area contributed by atoms with Gasteiger partial charge in [-0.1, -0.05) is 13.8 Å². The highest BCUT2D eigenvalue weighted by molar-refractivity contribution is 5.73. The van der Waals surface area contributed by atoms with Crippen molar-refractivity contribution in [1.29, 1.82) is 0 Å². The SMILES string of the molecule is COC(=O)[C@H](CC(C)C)n1nc(CCN2CC(F)C2)cc(C2CC2)c1=O. The molecule has 1 saturated heterocycles. The number of hydrogen-bond donors (Lipinski definition) is 0. The Morgan fingerprint density at radius 2 is 2.08 bits per heavy atom. The molecule has 2 aliphatic rings. The summed E-state index contributed by atoms with van der Waals surface area (Å²) in [6, 6.07) is 1.18. The van der Waals surface area contributed by atoms with E-state index >= 15 is 0 Å². The average molecular weight is 365 g/mol. The molecule has 2 heterocycles. The monoisotopic (exact) mass is 365 g/mol. The van der Waals surface area contributed by atoms with E-state index in [0.717, 1.165) is 24.1 Å². The van der Waals surface area contributed by atoms with Gasteiger partial charge < -0.3 is 4.74 Å². The van der Waals surface area contributed by atoms with Crippen molar-refractivity contribution in [3.8, 4) is 0 Å². The highest BCUT2D eigenvalue weighted by atomic mass is 19.1. The average Bonchev–Trinajstić information content (AvgIpc) is 3.40. The summed E-state index contributed by atoms with van der Waals surface area (Å²) in [5, 5.41) is 4.50. The lowest BCUT2D eigenvalue weighted by Crippen LogP contribution is -2.49. The Bertz CT molecular complexity index is 708. The van der Waals surface area contributed by atoms with E-state index in [1.54, 1.807) is 0 Å². The summed E-state index contributed by atoms with van der Waals surface area (Å²) in [6.45, 7) is 5.65. The van der Waals surface area contributed by atoms with Gasteiger partial charge in [-0.15, -0.1) is 0 Å². The third-order valence-corrected chi connectivity index (χ3v) is 5.09. The fourth-order valence-corrected chi connectivity index (χ4v) is 3.45. The molecule has 1 aliphatic heterocycles. The summed E-state index contributed by atoms with van der Waals surface area (Å²) in [6.07, 6.45) is 2.42. The Hall–Kier alpha value is -1.76. The first-order valence-electron chi connectivity index (χ1n) is 9.46. The van der Waals surface area contributed by atoms with E-state index in [1.807, 2.05) is 24.8 Å². The summed E-state index contributed by atoms with van der Waals surface area (Å²) in [7, 11) is 1.34. The van der Waals surface area contributed by atoms with Gasteiger partial charge in [0.1, 0.15) is 6.17 Å². The normalized spacial score (nSPS) is 19.4. The minimum atomic E-state index is -0.728. The molecule has 1 saturated carbocycles. The number of esters is 1. The molecule has 6 nitrogen and oxygen atoms in total. The Morgan fingerprint density at radius 1 is 1.38 bits per heavy atom. The maximum absolute atomic E-state index is 13.0. The van der Waals surface area contributed by atoms with Crippen molar-refractivity contribution in [2.45, 2.75) is 57.7 Å². The first-order chi connectivity index (χ1) is 12.4. The molecule has 26 heavy (non-hydrogen) atoms. The Balaban J connectivity index is 1.88. The van der Waals surface area contributed by atoms with Crippen LogP contribution in [0.1, 0.15) is 56.3 Å².